The van der Waals surface area contributed by atoms with Gasteiger partial charge in [-0.3, -0.25) is 19.2 Å². The number of esters is 1. The van der Waals surface area contributed by atoms with Crippen molar-refractivity contribution in [2.24, 2.45) is 11.8 Å². The first-order valence-electron chi connectivity index (χ1n) is 13.2. The van der Waals surface area contributed by atoms with Gasteiger partial charge in [-0.2, -0.15) is 0 Å². The first-order chi connectivity index (χ1) is 19.6. The normalized spacial score (nSPS) is 20.1. The van der Waals surface area contributed by atoms with E-state index in [9.17, 15) is 24.0 Å². The minimum atomic E-state index is -0.557. The summed E-state index contributed by atoms with van der Waals surface area (Å²) in [6, 6.07) is 8.10. The molecule has 0 spiro atoms. The number of hydrogen-bond acceptors (Lipinski definition) is 7. The van der Waals surface area contributed by atoms with E-state index >= 15 is 0 Å². The lowest BCUT2D eigenvalue weighted by molar-refractivity contribution is -0.139. The smallest absolute Gasteiger partial charge is 0.325 e. The van der Waals surface area contributed by atoms with E-state index in [0.717, 1.165) is 5.56 Å². The molecular formula is C28H29Br2N5O6. The lowest BCUT2D eigenvalue weighted by atomic mass is 9.99. The van der Waals surface area contributed by atoms with E-state index < -0.39 is 11.9 Å². The van der Waals surface area contributed by atoms with E-state index in [0.29, 0.717) is 70.3 Å². The van der Waals surface area contributed by atoms with Crippen LogP contribution in [0.2, 0.25) is 0 Å². The number of ether oxygens (including phenoxy) is 1. The SMILES string of the molecule is COC(=O)CNC(=O)c1ccc2c(c1)NC(=O)N(C1CCN(C(=O)C3CC3C(=O)c3cc(Br)c(N)c(Br)c3)CC1)C2. The molecule has 2 unspecified atom stereocenters. The van der Waals surface area contributed by atoms with E-state index in [-0.39, 0.29) is 42.1 Å². The Balaban J connectivity index is 1.14. The van der Waals surface area contributed by atoms with Gasteiger partial charge in [0.15, 0.2) is 5.78 Å². The second-order valence-corrected chi connectivity index (χ2v) is 12.1. The largest absolute Gasteiger partial charge is 0.468 e. The van der Waals surface area contributed by atoms with Gasteiger partial charge in [0.05, 0.1) is 12.8 Å². The molecule has 216 valence electrons. The van der Waals surface area contributed by atoms with E-state index in [1.54, 1.807) is 40.1 Å². The van der Waals surface area contributed by atoms with Crippen LogP contribution in [-0.4, -0.2) is 72.2 Å². The molecule has 1 aliphatic carbocycles. The summed E-state index contributed by atoms with van der Waals surface area (Å²) in [5.74, 6) is -1.73. The van der Waals surface area contributed by atoms with Crippen molar-refractivity contribution in [3.05, 3.63) is 56.0 Å². The van der Waals surface area contributed by atoms with Crippen molar-refractivity contribution >= 4 is 72.8 Å². The van der Waals surface area contributed by atoms with Gasteiger partial charge in [0.25, 0.3) is 5.91 Å². The van der Waals surface area contributed by atoms with Crippen molar-refractivity contribution in [2.75, 3.05) is 37.8 Å². The third-order valence-electron chi connectivity index (χ3n) is 7.86. The van der Waals surface area contributed by atoms with Crippen LogP contribution in [-0.2, 0) is 20.9 Å². The summed E-state index contributed by atoms with van der Waals surface area (Å²) in [6.07, 6.45) is 1.79. The molecule has 1 saturated carbocycles. The average Bonchev–Trinajstić information content (AvgIpc) is 3.78. The monoisotopic (exact) mass is 689 g/mol. The summed E-state index contributed by atoms with van der Waals surface area (Å²) >= 11 is 6.74. The Morgan fingerprint density at radius 3 is 2.39 bits per heavy atom. The predicted molar refractivity (Wildman–Crippen MR) is 157 cm³/mol. The molecule has 0 aromatic heterocycles. The van der Waals surface area contributed by atoms with Crippen molar-refractivity contribution in [3.8, 4) is 0 Å². The number of rotatable bonds is 7. The number of benzene rings is 2. The number of ketones is 1. The highest BCUT2D eigenvalue weighted by molar-refractivity contribution is 9.11. The molecule has 0 radical (unpaired) electrons. The average molecular weight is 691 g/mol. The maximum absolute atomic E-state index is 13.2. The summed E-state index contributed by atoms with van der Waals surface area (Å²) in [4.78, 5) is 66.4. The Labute approximate surface area is 253 Å². The van der Waals surface area contributed by atoms with Gasteiger partial charge in [0.2, 0.25) is 5.91 Å². The lowest BCUT2D eigenvalue weighted by Gasteiger charge is -2.40. The first kappa shape index (κ1) is 29.1. The fourth-order valence-electron chi connectivity index (χ4n) is 5.37. The van der Waals surface area contributed by atoms with Gasteiger partial charge >= 0.3 is 12.0 Å². The minimum Gasteiger partial charge on any atom is -0.468 e. The molecule has 4 N–H and O–H groups in total. The van der Waals surface area contributed by atoms with Gasteiger partial charge in [-0.15, -0.1) is 0 Å². The quantitative estimate of drug-likeness (QED) is 0.228. The summed E-state index contributed by atoms with van der Waals surface area (Å²) in [7, 11) is 1.24. The number of carbonyl (C=O) groups excluding carboxylic acids is 5. The Morgan fingerprint density at radius 2 is 1.73 bits per heavy atom. The van der Waals surface area contributed by atoms with Crippen LogP contribution >= 0.6 is 31.9 Å². The number of methoxy groups -OCH3 is 1. The highest BCUT2D eigenvalue weighted by Gasteiger charge is 2.50. The number of nitrogens with two attached hydrogens (primary N) is 1. The van der Waals surface area contributed by atoms with Gasteiger partial charge < -0.3 is 30.9 Å². The zero-order valence-electron chi connectivity index (χ0n) is 22.2. The Kier molecular flexibility index (Phi) is 8.37. The molecule has 4 amide bonds. The molecule has 2 atom stereocenters. The highest BCUT2D eigenvalue weighted by atomic mass is 79.9. The van der Waals surface area contributed by atoms with Gasteiger partial charge in [0.1, 0.15) is 6.54 Å². The standard InChI is InChI=1S/C28H29Br2N5O6/c1-41-23(36)12-32-26(38)14-2-3-15-13-35(28(40)33-22(15)10-14)17-4-6-34(7-5-17)27(39)19-11-18(19)25(37)16-8-20(29)24(31)21(30)9-16/h2-3,8-10,17-19H,4-7,11-13,31H2,1H3,(H,32,38)(H,33,40). The first-order valence-corrected chi connectivity index (χ1v) is 14.8. The second kappa shape index (κ2) is 11.8. The van der Waals surface area contributed by atoms with Gasteiger partial charge in [-0.1, -0.05) is 6.07 Å². The number of nitrogens with zero attached hydrogens (tertiary/aromatic N) is 2. The second-order valence-electron chi connectivity index (χ2n) is 10.4. The van der Waals surface area contributed by atoms with E-state index in [4.69, 9.17) is 5.73 Å². The van der Waals surface area contributed by atoms with Gasteiger partial charge in [-0.25, -0.2) is 4.79 Å². The summed E-state index contributed by atoms with van der Waals surface area (Å²) < 4.78 is 5.79. The van der Waals surface area contributed by atoms with E-state index in [1.165, 1.54) is 7.11 Å². The number of nitrogen functional groups attached to an aromatic ring is 1. The highest BCUT2D eigenvalue weighted by Crippen LogP contribution is 2.44. The molecule has 1 saturated heterocycles. The molecule has 2 heterocycles. The maximum atomic E-state index is 13.2. The van der Waals surface area contributed by atoms with Crippen LogP contribution in [0.4, 0.5) is 16.2 Å². The number of piperidine rings is 1. The molecular weight excluding hydrogens is 662 g/mol. The van der Waals surface area contributed by atoms with Crippen LogP contribution in [0.3, 0.4) is 0 Å². The topological polar surface area (TPSA) is 151 Å². The lowest BCUT2D eigenvalue weighted by Crippen LogP contribution is -2.51. The molecule has 13 heteroatoms. The third-order valence-corrected chi connectivity index (χ3v) is 9.17. The van der Waals surface area contributed by atoms with Crippen LogP contribution in [0.5, 0.6) is 0 Å². The molecule has 11 nitrogen and oxygen atoms in total. The Hall–Kier alpha value is -3.45. The minimum absolute atomic E-state index is 0.0122. The summed E-state index contributed by atoms with van der Waals surface area (Å²) in [6.45, 7) is 1.16. The van der Waals surface area contributed by atoms with Crippen molar-refractivity contribution in [2.45, 2.75) is 31.8 Å². The summed E-state index contributed by atoms with van der Waals surface area (Å²) in [5.41, 5.74) is 8.70. The number of halogens is 2. The number of fused-ring (bicyclic) bond motifs is 1. The molecule has 0 bridgehead atoms. The Morgan fingerprint density at radius 1 is 1.05 bits per heavy atom. The number of likely N-dealkylation sites (tertiary alicyclic amines) is 1. The number of carbonyl (C=O) groups is 5. The third kappa shape index (κ3) is 6.10. The number of urea groups is 1. The van der Waals surface area contributed by atoms with Gasteiger partial charge in [0, 0.05) is 63.3 Å². The number of Topliss-reactive ketones (excluding diaryl/α,β-unsaturated/α-hetero) is 1. The van der Waals surface area contributed by atoms with E-state index in [1.807, 2.05) is 0 Å². The number of hydrogen-bond donors (Lipinski definition) is 3. The van der Waals surface area contributed by atoms with Crippen molar-refractivity contribution < 1.29 is 28.7 Å². The van der Waals surface area contributed by atoms with Crippen molar-refractivity contribution in [1.82, 2.24) is 15.1 Å². The molecule has 2 aromatic carbocycles. The zero-order chi connectivity index (χ0) is 29.4. The van der Waals surface area contributed by atoms with Crippen LogP contribution in [0, 0.1) is 11.8 Å². The number of nitrogens with one attached hydrogen (secondary N) is 2. The fourth-order valence-corrected chi connectivity index (χ4v) is 6.55. The predicted octanol–water partition coefficient (Wildman–Crippen LogP) is 3.55. The van der Waals surface area contributed by atoms with Crippen LogP contribution in [0.25, 0.3) is 0 Å². The maximum Gasteiger partial charge on any atom is 0.325 e. The molecule has 41 heavy (non-hydrogen) atoms. The molecule has 2 aliphatic heterocycles. The van der Waals surface area contributed by atoms with Crippen LogP contribution in [0.15, 0.2) is 39.3 Å². The van der Waals surface area contributed by atoms with E-state index in [2.05, 4.69) is 47.2 Å². The summed E-state index contributed by atoms with van der Waals surface area (Å²) in [5, 5.41) is 5.35. The molecule has 3 aliphatic rings. The van der Waals surface area contributed by atoms with Gasteiger partial charge in [-0.05, 0) is 81.0 Å². The molecule has 2 aromatic rings. The molecule has 5 rings (SSSR count). The zero-order valence-corrected chi connectivity index (χ0v) is 25.4. The molecule has 2 fully saturated rings. The number of anilines is 2. The van der Waals surface area contributed by atoms with Crippen LogP contribution < -0.4 is 16.4 Å². The fraction of sp³-hybridized carbons (Fsp3) is 0.393. The van der Waals surface area contributed by atoms with Crippen molar-refractivity contribution in [1.29, 1.82) is 0 Å². The van der Waals surface area contributed by atoms with Crippen LogP contribution in [0.1, 0.15) is 45.5 Å². The Bertz CT molecular complexity index is 1420. The number of amides is 4. The van der Waals surface area contributed by atoms with Crippen molar-refractivity contribution in [3.63, 3.8) is 0 Å².